The second-order valence-electron chi connectivity index (χ2n) is 8.88. The zero-order chi connectivity index (χ0) is 22.9. The zero-order valence-electron chi connectivity index (χ0n) is 18.6. The molecule has 3 aromatic rings. The lowest BCUT2D eigenvalue weighted by Gasteiger charge is -2.26. The van der Waals surface area contributed by atoms with Gasteiger partial charge in [-0.1, -0.05) is 18.6 Å². The Morgan fingerprint density at radius 3 is 2.76 bits per heavy atom. The molecular formula is C26H27FN4O2. The summed E-state index contributed by atoms with van der Waals surface area (Å²) in [6, 6.07) is 10.4. The lowest BCUT2D eigenvalue weighted by molar-refractivity contribution is 0.0995. The molecule has 0 bridgehead atoms. The first-order chi connectivity index (χ1) is 16.0. The highest BCUT2D eigenvalue weighted by Crippen LogP contribution is 2.35. The molecule has 0 spiro atoms. The fourth-order valence-corrected chi connectivity index (χ4v) is 4.62. The number of Topliss-reactive ketones (excluding diaryl/α,β-unsaturated/α-hetero) is 1. The normalized spacial score (nSPS) is 15.9. The van der Waals surface area contributed by atoms with Gasteiger partial charge in [-0.15, -0.1) is 0 Å². The number of carbonyl (C=O) groups is 1. The number of carbonyl (C=O) groups excluding carboxylic acids is 1. The molecule has 7 heteroatoms. The monoisotopic (exact) mass is 446 g/mol. The second-order valence-corrected chi connectivity index (χ2v) is 8.88. The summed E-state index contributed by atoms with van der Waals surface area (Å²) in [6.07, 6.45) is 5.57. The summed E-state index contributed by atoms with van der Waals surface area (Å²) in [7, 11) is 0. The van der Waals surface area contributed by atoms with Crippen LogP contribution in [0, 0.1) is 12.7 Å². The molecule has 0 atom stereocenters. The molecule has 0 unspecified atom stereocenters. The van der Waals surface area contributed by atoms with E-state index in [1.807, 2.05) is 6.07 Å². The SMILES string of the molecule is Cc1cc(F)c(Nc2ccnc3c2C(=O)Cc2cc(CN4CCCCC4)ccc2N3)cc1O. The van der Waals surface area contributed by atoms with Crippen LogP contribution in [0.2, 0.25) is 0 Å². The minimum Gasteiger partial charge on any atom is -0.508 e. The summed E-state index contributed by atoms with van der Waals surface area (Å²) in [5, 5.41) is 16.3. The van der Waals surface area contributed by atoms with Crippen molar-refractivity contribution in [2.45, 2.75) is 39.2 Å². The van der Waals surface area contributed by atoms with Crippen molar-refractivity contribution >= 4 is 28.7 Å². The average Bonchev–Trinajstić information content (AvgIpc) is 2.94. The van der Waals surface area contributed by atoms with Gasteiger partial charge in [0, 0.05) is 30.9 Å². The number of aryl methyl sites for hydroxylation is 1. The summed E-state index contributed by atoms with van der Waals surface area (Å²) in [4.78, 5) is 20.2. The van der Waals surface area contributed by atoms with E-state index in [2.05, 4.69) is 32.7 Å². The van der Waals surface area contributed by atoms with Crippen molar-refractivity contribution in [1.29, 1.82) is 0 Å². The number of aromatic hydroxyl groups is 1. The highest BCUT2D eigenvalue weighted by Gasteiger charge is 2.25. The van der Waals surface area contributed by atoms with Crippen molar-refractivity contribution < 1.29 is 14.3 Å². The molecule has 2 aromatic carbocycles. The van der Waals surface area contributed by atoms with Gasteiger partial charge in [0.2, 0.25) is 0 Å². The first-order valence-corrected chi connectivity index (χ1v) is 11.4. The lowest BCUT2D eigenvalue weighted by Crippen LogP contribution is -2.29. The number of phenolic OH excluding ortho intramolecular Hbond substituents is 1. The number of piperidine rings is 1. The van der Waals surface area contributed by atoms with E-state index < -0.39 is 5.82 Å². The Labute approximate surface area is 192 Å². The molecule has 0 amide bonds. The number of fused-ring (bicyclic) bond motifs is 2. The van der Waals surface area contributed by atoms with Crippen LogP contribution in [0.3, 0.4) is 0 Å². The van der Waals surface area contributed by atoms with Gasteiger partial charge in [-0.25, -0.2) is 9.37 Å². The topological polar surface area (TPSA) is 77.5 Å². The Balaban J connectivity index is 1.43. The Morgan fingerprint density at radius 1 is 1.12 bits per heavy atom. The van der Waals surface area contributed by atoms with E-state index in [4.69, 9.17) is 0 Å². The molecule has 1 aromatic heterocycles. The van der Waals surface area contributed by atoms with Crippen LogP contribution in [0.4, 0.5) is 27.3 Å². The number of ketones is 1. The van der Waals surface area contributed by atoms with Crippen LogP contribution >= 0.6 is 0 Å². The quantitative estimate of drug-likeness (QED) is 0.495. The van der Waals surface area contributed by atoms with Crippen LogP contribution in [0.1, 0.15) is 46.3 Å². The third kappa shape index (κ3) is 4.41. The molecule has 2 aliphatic rings. The van der Waals surface area contributed by atoms with Crippen LogP contribution < -0.4 is 10.6 Å². The van der Waals surface area contributed by atoms with E-state index in [9.17, 15) is 14.3 Å². The van der Waals surface area contributed by atoms with Crippen molar-refractivity contribution in [2.24, 2.45) is 0 Å². The van der Waals surface area contributed by atoms with Crippen LogP contribution in [-0.4, -0.2) is 33.9 Å². The molecule has 1 fully saturated rings. The van der Waals surface area contributed by atoms with Crippen LogP contribution in [0.5, 0.6) is 5.75 Å². The number of pyridine rings is 1. The maximum atomic E-state index is 14.5. The number of aromatic nitrogens is 1. The minimum absolute atomic E-state index is 0.0165. The van der Waals surface area contributed by atoms with Gasteiger partial charge >= 0.3 is 0 Å². The van der Waals surface area contributed by atoms with E-state index in [1.165, 1.54) is 37.0 Å². The first-order valence-electron chi connectivity index (χ1n) is 11.4. The largest absolute Gasteiger partial charge is 0.508 e. The number of hydrogen-bond donors (Lipinski definition) is 3. The predicted octanol–water partition coefficient (Wildman–Crippen LogP) is 5.45. The van der Waals surface area contributed by atoms with Crippen LogP contribution in [0.15, 0.2) is 42.6 Å². The number of phenols is 1. The molecule has 0 saturated carbocycles. The summed E-state index contributed by atoms with van der Waals surface area (Å²) in [5.41, 5.74) is 4.35. The van der Waals surface area contributed by atoms with E-state index in [0.29, 0.717) is 22.6 Å². The molecule has 6 nitrogen and oxygen atoms in total. The first kappa shape index (κ1) is 21.4. The molecule has 0 radical (unpaired) electrons. The highest BCUT2D eigenvalue weighted by atomic mass is 19.1. The Bertz CT molecular complexity index is 1220. The number of nitrogens with one attached hydrogen (secondary N) is 2. The molecule has 5 rings (SSSR count). The Morgan fingerprint density at radius 2 is 1.94 bits per heavy atom. The molecular weight excluding hydrogens is 419 g/mol. The van der Waals surface area contributed by atoms with Crippen LogP contribution in [-0.2, 0) is 13.0 Å². The highest BCUT2D eigenvalue weighted by molar-refractivity contribution is 6.09. The number of nitrogens with zero attached hydrogens (tertiary/aromatic N) is 2. The molecule has 3 heterocycles. The van der Waals surface area contributed by atoms with Gasteiger partial charge in [0.05, 0.1) is 16.9 Å². The molecule has 1 saturated heterocycles. The Kier molecular flexibility index (Phi) is 5.72. The third-order valence-electron chi connectivity index (χ3n) is 6.41. The van der Waals surface area contributed by atoms with E-state index >= 15 is 0 Å². The molecule has 33 heavy (non-hydrogen) atoms. The van der Waals surface area contributed by atoms with Crippen molar-refractivity contribution in [3.8, 4) is 5.75 Å². The number of likely N-dealkylation sites (tertiary alicyclic amines) is 1. The van der Waals surface area contributed by atoms with E-state index in [0.717, 1.165) is 30.9 Å². The van der Waals surface area contributed by atoms with Gasteiger partial charge in [-0.3, -0.25) is 9.69 Å². The van der Waals surface area contributed by atoms with Gasteiger partial charge in [0.1, 0.15) is 17.4 Å². The molecule has 0 aliphatic carbocycles. The fraction of sp³-hybridized carbons (Fsp3) is 0.308. The third-order valence-corrected chi connectivity index (χ3v) is 6.41. The van der Waals surface area contributed by atoms with Crippen molar-refractivity contribution in [2.75, 3.05) is 23.7 Å². The maximum absolute atomic E-state index is 14.5. The molecule has 3 N–H and O–H groups in total. The summed E-state index contributed by atoms with van der Waals surface area (Å²) in [5.74, 6) is -0.185. The number of halogens is 1. The summed E-state index contributed by atoms with van der Waals surface area (Å²) < 4.78 is 14.5. The van der Waals surface area contributed by atoms with Gasteiger partial charge in [0.15, 0.2) is 5.78 Å². The van der Waals surface area contributed by atoms with Gasteiger partial charge in [-0.05, 0) is 67.7 Å². The summed E-state index contributed by atoms with van der Waals surface area (Å²) in [6.45, 7) is 4.74. The van der Waals surface area contributed by atoms with E-state index in [-0.39, 0.29) is 23.6 Å². The van der Waals surface area contributed by atoms with Gasteiger partial charge < -0.3 is 15.7 Å². The number of benzene rings is 2. The zero-order valence-corrected chi connectivity index (χ0v) is 18.6. The van der Waals surface area contributed by atoms with Crippen molar-refractivity contribution in [3.05, 3.63) is 70.7 Å². The van der Waals surface area contributed by atoms with Gasteiger partial charge in [0.25, 0.3) is 0 Å². The van der Waals surface area contributed by atoms with Gasteiger partial charge in [-0.2, -0.15) is 0 Å². The number of hydrogen-bond acceptors (Lipinski definition) is 6. The average molecular weight is 447 g/mol. The number of rotatable bonds is 4. The standard InChI is InChI=1S/C26H27FN4O2/c1-16-11-19(27)22(14-23(16)32)29-21-7-8-28-26-25(21)24(33)13-18-12-17(5-6-20(18)30-26)15-31-9-3-2-4-10-31/h5-8,11-12,14,32H,2-4,9-10,13,15H2,1H3,(H2,28,29,30). The van der Waals surface area contributed by atoms with E-state index in [1.54, 1.807) is 19.2 Å². The molecule has 2 aliphatic heterocycles. The summed E-state index contributed by atoms with van der Waals surface area (Å²) >= 11 is 0. The second kappa shape index (κ2) is 8.83. The lowest BCUT2D eigenvalue weighted by atomic mass is 10.0. The predicted molar refractivity (Wildman–Crippen MR) is 127 cm³/mol. The van der Waals surface area contributed by atoms with Crippen molar-refractivity contribution in [3.63, 3.8) is 0 Å². The van der Waals surface area contributed by atoms with Crippen LogP contribution in [0.25, 0.3) is 0 Å². The number of anilines is 4. The molecule has 170 valence electrons. The maximum Gasteiger partial charge on any atom is 0.173 e. The smallest absolute Gasteiger partial charge is 0.173 e. The minimum atomic E-state index is -0.504. The Hall–Kier alpha value is -3.45. The fourth-order valence-electron chi connectivity index (χ4n) is 4.62. The van der Waals surface area contributed by atoms with Crippen molar-refractivity contribution in [1.82, 2.24) is 9.88 Å².